The predicted octanol–water partition coefficient (Wildman–Crippen LogP) is 5.01. The van der Waals surface area contributed by atoms with Crippen LogP contribution in [0, 0.1) is 22.7 Å². The Morgan fingerprint density at radius 2 is 1.48 bits per heavy atom. The molecule has 4 nitrogen and oxygen atoms in total. The molecule has 27 heavy (non-hydrogen) atoms. The number of esters is 1. The Morgan fingerprint density at radius 1 is 0.889 bits per heavy atom. The second-order valence-corrected chi connectivity index (χ2v) is 11.9. The molecule has 0 aromatic carbocycles. The summed E-state index contributed by atoms with van der Waals surface area (Å²) in [4.78, 5) is 12.2. The van der Waals surface area contributed by atoms with Crippen LogP contribution in [0.2, 0.25) is 5.82 Å². The minimum Gasteiger partial charge on any atom is -0.459 e. The minimum atomic E-state index is -0.299. The molecule has 2 heterocycles. The molecule has 4 rings (SSSR count). The van der Waals surface area contributed by atoms with Gasteiger partial charge in [0.1, 0.15) is 5.60 Å². The Bertz CT molecular complexity index is 641. The highest BCUT2D eigenvalue weighted by atomic mass is 16.7. The van der Waals surface area contributed by atoms with Crippen molar-refractivity contribution in [3.8, 4) is 0 Å². The number of hydrogen-bond donors (Lipinski definition) is 0. The molecule has 5 unspecified atom stereocenters. The van der Waals surface area contributed by atoms with Crippen LogP contribution < -0.4 is 0 Å². The second-order valence-electron chi connectivity index (χ2n) is 11.9. The Labute approximate surface area is 165 Å². The van der Waals surface area contributed by atoms with Crippen LogP contribution >= 0.6 is 0 Å². The van der Waals surface area contributed by atoms with Gasteiger partial charge in [-0.3, -0.25) is 4.79 Å². The Morgan fingerprint density at radius 3 is 2.07 bits per heavy atom. The van der Waals surface area contributed by atoms with Crippen molar-refractivity contribution in [1.29, 1.82) is 0 Å². The topological polar surface area (TPSA) is 44.8 Å². The number of carbonyl (C=O) groups is 1. The van der Waals surface area contributed by atoms with Crippen molar-refractivity contribution >= 4 is 13.1 Å². The van der Waals surface area contributed by atoms with Gasteiger partial charge in [0.2, 0.25) is 0 Å². The van der Waals surface area contributed by atoms with Crippen LogP contribution in [0.3, 0.4) is 0 Å². The quantitative estimate of drug-likeness (QED) is 0.477. The molecular weight excluding hydrogens is 339 g/mol. The second kappa shape index (κ2) is 5.53. The van der Waals surface area contributed by atoms with Gasteiger partial charge in [0.05, 0.1) is 17.6 Å². The van der Waals surface area contributed by atoms with Crippen molar-refractivity contribution in [2.45, 2.75) is 110 Å². The molecule has 0 bridgehead atoms. The molecule has 0 spiro atoms. The van der Waals surface area contributed by atoms with E-state index in [1.165, 1.54) is 0 Å². The van der Waals surface area contributed by atoms with Crippen LogP contribution in [0.1, 0.15) is 87.5 Å². The molecule has 0 aromatic rings. The molecule has 4 aliphatic rings. The standard InChI is InChI=1S/C22H37BO4/c1-18(2)12-14(23-26-19(3,4)20(5,6)27-23)13-21(7)15(18)9-10-22(8)16(21)11-17(24)25-22/h14-16H,9-13H2,1-8H3. The number of carbonyl (C=O) groups excluding carboxylic acids is 1. The summed E-state index contributed by atoms with van der Waals surface area (Å²) in [6, 6.07) is 0. The van der Waals surface area contributed by atoms with Gasteiger partial charge in [0, 0.05) is 5.92 Å². The lowest BCUT2D eigenvalue weighted by molar-refractivity contribution is -0.165. The van der Waals surface area contributed by atoms with Crippen molar-refractivity contribution < 1.29 is 18.8 Å². The fraction of sp³-hybridized carbons (Fsp3) is 0.955. The van der Waals surface area contributed by atoms with Crippen LogP contribution in [-0.4, -0.2) is 29.9 Å². The van der Waals surface area contributed by atoms with Crippen molar-refractivity contribution in [1.82, 2.24) is 0 Å². The van der Waals surface area contributed by atoms with Crippen LogP contribution in [0.5, 0.6) is 0 Å². The monoisotopic (exact) mass is 376 g/mol. The number of rotatable bonds is 1. The summed E-state index contributed by atoms with van der Waals surface area (Å²) in [5, 5.41) is 0. The van der Waals surface area contributed by atoms with E-state index < -0.39 is 0 Å². The molecule has 2 saturated heterocycles. The van der Waals surface area contributed by atoms with Crippen LogP contribution in [0.4, 0.5) is 0 Å². The molecule has 0 aromatic heterocycles. The van der Waals surface area contributed by atoms with E-state index >= 15 is 0 Å². The third kappa shape index (κ3) is 2.74. The van der Waals surface area contributed by atoms with Crippen LogP contribution in [-0.2, 0) is 18.8 Å². The Hall–Kier alpha value is -0.545. The van der Waals surface area contributed by atoms with Gasteiger partial charge in [-0.2, -0.15) is 0 Å². The lowest BCUT2D eigenvalue weighted by Gasteiger charge is -2.61. The van der Waals surface area contributed by atoms with Crippen molar-refractivity contribution in [3.63, 3.8) is 0 Å². The molecule has 5 heteroatoms. The van der Waals surface area contributed by atoms with E-state index in [4.69, 9.17) is 14.0 Å². The largest absolute Gasteiger partial charge is 0.461 e. The third-order valence-corrected chi connectivity index (χ3v) is 9.07. The molecule has 152 valence electrons. The summed E-state index contributed by atoms with van der Waals surface area (Å²) >= 11 is 0. The summed E-state index contributed by atoms with van der Waals surface area (Å²) in [5.41, 5.74) is -0.611. The molecule has 0 radical (unpaired) electrons. The molecule has 2 saturated carbocycles. The van der Waals surface area contributed by atoms with Crippen molar-refractivity contribution in [2.75, 3.05) is 0 Å². The Kier molecular flexibility index (Phi) is 4.05. The summed E-state index contributed by atoms with van der Waals surface area (Å²) in [6.07, 6.45) is 4.86. The van der Waals surface area contributed by atoms with E-state index in [1.807, 2.05) is 0 Å². The van der Waals surface area contributed by atoms with Crippen molar-refractivity contribution in [3.05, 3.63) is 0 Å². The van der Waals surface area contributed by atoms with E-state index in [0.717, 1.165) is 25.7 Å². The first-order valence-electron chi connectivity index (χ1n) is 10.8. The van der Waals surface area contributed by atoms with Gasteiger partial charge < -0.3 is 14.0 Å². The maximum Gasteiger partial charge on any atom is 0.461 e. The lowest BCUT2D eigenvalue weighted by Crippen LogP contribution is -2.58. The van der Waals surface area contributed by atoms with Crippen LogP contribution in [0.15, 0.2) is 0 Å². The molecule has 2 aliphatic heterocycles. The first-order valence-corrected chi connectivity index (χ1v) is 10.8. The maximum absolute atomic E-state index is 12.2. The number of ether oxygens (including phenoxy) is 1. The van der Waals surface area contributed by atoms with E-state index in [2.05, 4.69) is 55.4 Å². The van der Waals surface area contributed by atoms with Crippen LogP contribution in [0.25, 0.3) is 0 Å². The van der Waals surface area contributed by atoms with E-state index in [1.54, 1.807) is 0 Å². The SMILES string of the molecule is CC1(C)CC(B2OC(C)(C)C(C)(C)O2)CC2(C)C1CCC1(C)OC(=O)CC12. The molecule has 5 atom stereocenters. The smallest absolute Gasteiger partial charge is 0.459 e. The highest BCUT2D eigenvalue weighted by Gasteiger charge is 2.66. The minimum absolute atomic E-state index is 0.0139. The van der Waals surface area contributed by atoms with Gasteiger partial charge in [0.15, 0.2) is 0 Å². The Balaban J connectivity index is 1.67. The van der Waals surface area contributed by atoms with Gasteiger partial charge in [-0.25, -0.2) is 0 Å². The first-order chi connectivity index (χ1) is 12.2. The van der Waals surface area contributed by atoms with E-state index in [-0.39, 0.29) is 40.7 Å². The lowest BCUT2D eigenvalue weighted by atomic mass is 9.40. The number of fused-ring (bicyclic) bond motifs is 3. The molecule has 0 amide bonds. The first kappa shape index (κ1) is 19.8. The van der Waals surface area contributed by atoms with Gasteiger partial charge in [-0.1, -0.05) is 20.8 Å². The highest BCUT2D eigenvalue weighted by Crippen LogP contribution is 2.67. The summed E-state index contributed by atoms with van der Waals surface area (Å²) in [5.74, 6) is 1.23. The summed E-state index contributed by atoms with van der Waals surface area (Å²) in [7, 11) is -0.168. The average molecular weight is 376 g/mol. The normalized spacial score (nSPS) is 47.3. The molecule has 0 N–H and O–H groups in total. The van der Waals surface area contributed by atoms with E-state index in [9.17, 15) is 4.79 Å². The zero-order valence-corrected chi connectivity index (χ0v) is 18.5. The zero-order valence-electron chi connectivity index (χ0n) is 18.5. The van der Waals surface area contributed by atoms with Gasteiger partial charge >= 0.3 is 13.1 Å². The summed E-state index contributed by atoms with van der Waals surface area (Å²) in [6.45, 7) is 17.9. The van der Waals surface area contributed by atoms with Gasteiger partial charge in [-0.15, -0.1) is 0 Å². The van der Waals surface area contributed by atoms with Crippen molar-refractivity contribution in [2.24, 2.45) is 22.7 Å². The van der Waals surface area contributed by atoms with E-state index in [0.29, 0.717) is 24.1 Å². The maximum atomic E-state index is 12.2. The number of hydrogen-bond acceptors (Lipinski definition) is 4. The fourth-order valence-electron chi connectivity index (χ4n) is 7.21. The highest BCUT2D eigenvalue weighted by molar-refractivity contribution is 6.47. The molecule has 2 aliphatic carbocycles. The van der Waals surface area contributed by atoms with Gasteiger partial charge in [-0.05, 0) is 82.9 Å². The molecule has 4 fully saturated rings. The third-order valence-electron chi connectivity index (χ3n) is 9.07. The summed E-state index contributed by atoms with van der Waals surface area (Å²) < 4.78 is 18.8. The average Bonchev–Trinajstić information content (AvgIpc) is 2.90. The predicted molar refractivity (Wildman–Crippen MR) is 106 cm³/mol. The van der Waals surface area contributed by atoms with Gasteiger partial charge in [0.25, 0.3) is 0 Å². The fourth-order valence-corrected chi connectivity index (χ4v) is 7.21. The zero-order chi connectivity index (χ0) is 20.0. The molecular formula is C22H37BO4.